The average molecular weight is 168 g/mol. The van der Waals surface area contributed by atoms with E-state index < -0.39 is 0 Å². The Hall–Kier alpha value is -1.05. The zero-order valence-electron chi connectivity index (χ0n) is 7.60. The molecule has 0 radical (unpaired) electrons. The molecule has 1 aromatic rings. The smallest absolute Gasteiger partial charge is 0.129 e. The van der Waals surface area contributed by atoms with E-state index >= 15 is 0 Å². The lowest BCUT2D eigenvalue weighted by molar-refractivity contribution is 0.241. The highest BCUT2D eigenvalue weighted by Crippen LogP contribution is 2.16. The Bertz CT molecular complexity index is 269. The molecule has 1 nitrogen and oxygen atoms in total. The van der Waals surface area contributed by atoms with Crippen LogP contribution in [0.15, 0.2) is 18.2 Å². The van der Waals surface area contributed by atoms with Crippen LogP contribution in [0.4, 0.5) is 4.39 Å². The minimum Gasteiger partial charge on any atom is -0.491 e. The lowest BCUT2D eigenvalue weighted by Gasteiger charge is -2.09. The first-order chi connectivity index (χ1) is 5.59. The number of benzene rings is 1. The van der Waals surface area contributed by atoms with Gasteiger partial charge in [-0.25, -0.2) is 4.39 Å². The molecule has 0 bridgehead atoms. The van der Waals surface area contributed by atoms with Crippen molar-refractivity contribution in [3.8, 4) is 5.75 Å². The van der Waals surface area contributed by atoms with Gasteiger partial charge in [0.1, 0.15) is 11.6 Å². The summed E-state index contributed by atoms with van der Waals surface area (Å²) in [4.78, 5) is 0. The molecule has 0 saturated heterocycles. The third-order valence-electron chi connectivity index (χ3n) is 1.52. The molecule has 1 rings (SSSR count). The molecule has 0 atom stereocenters. The molecular weight excluding hydrogens is 155 g/mol. The van der Waals surface area contributed by atoms with E-state index in [0.717, 1.165) is 0 Å². The second-order valence-electron chi connectivity index (χ2n) is 3.08. The predicted molar refractivity (Wildman–Crippen MR) is 46.9 cm³/mol. The Morgan fingerprint density at radius 3 is 2.50 bits per heavy atom. The van der Waals surface area contributed by atoms with Gasteiger partial charge >= 0.3 is 0 Å². The van der Waals surface area contributed by atoms with Crippen molar-refractivity contribution >= 4 is 0 Å². The number of halogens is 1. The Labute approximate surface area is 72.2 Å². The minimum atomic E-state index is -0.215. The predicted octanol–water partition coefficient (Wildman–Crippen LogP) is 2.92. The summed E-state index contributed by atoms with van der Waals surface area (Å²) in [5.74, 6) is 0.376. The van der Waals surface area contributed by atoms with E-state index in [2.05, 4.69) is 0 Å². The van der Waals surface area contributed by atoms with Gasteiger partial charge in [0, 0.05) is 6.07 Å². The van der Waals surface area contributed by atoms with Crippen molar-refractivity contribution in [2.24, 2.45) is 0 Å². The largest absolute Gasteiger partial charge is 0.491 e. The maximum atomic E-state index is 12.9. The highest BCUT2D eigenvalue weighted by molar-refractivity contribution is 5.28. The van der Waals surface area contributed by atoms with E-state index in [1.165, 1.54) is 6.07 Å². The fourth-order valence-electron chi connectivity index (χ4n) is 0.919. The van der Waals surface area contributed by atoms with Crippen molar-refractivity contribution in [2.75, 3.05) is 0 Å². The lowest BCUT2D eigenvalue weighted by Crippen LogP contribution is -2.05. The van der Waals surface area contributed by atoms with Crippen molar-refractivity contribution in [1.82, 2.24) is 0 Å². The maximum Gasteiger partial charge on any atom is 0.129 e. The van der Waals surface area contributed by atoms with Gasteiger partial charge in [0.15, 0.2) is 0 Å². The van der Waals surface area contributed by atoms with Gasteiger partial charge in [0.25, 0.3) is 0 Å². The summed E-state index contributed by atoms with van der Waals surface area (Å²) in [6, 6.07) is 4.90. The Balaban J connectivity index is 2.82. The van der Waals surface area contributed by atoms with Gasteiger partial charge in [-0.2, -0.15) is 0 Å². The zero-order valence-corrected chi connectivity index (χ0v) is 7.60. The van der Waals surface area contributed by atoms with Gasteiger partial charge in [-0.15, -0.1) is 0 Å². The number of ether oxygens (including phenoxy) is 1. The van der Waals surface area contributed by atoms with Crippen molar-refractivity contribution < 1.29 is 9.13 Å². The zero-order chi connectivity index (χ0) is 9.14. The Morgan fingerprint density at radius 2 is 2.00 bits per heavy atom. The SMILES string of the molecule is Cc1ccc(OC(C)C)cc1F. The van der Waals surface area contributed by atoms with Crippen LogP contribution < -0.4 is 4.74 Å². The topological polar surface area (TPSA) is 9.23 Å². The third-order valence-corrected chi connectivity index (χ3v) is 1.52. The second-order valence-corrected chi connectivity index (χ2v) is 3.08. The number of hydrogen-bond acceptors (Lipinski definition) is 1. The summed E-state index contributed by atoms with van der Waals surface area (Å²) < 4.78 is 18.3. The molecule has 0 aliphatic carbocycles. The molecule has 66 valence electrons. The second kappa shape index (κ2) is 3.57. The molecule has 0 N–H and O–H groups in total. The molecule has 0 aromatic heterocycles. The molecule has 0 unspecified atom stereocenters. The van der Waals surface area contributed by atoms with Gasteiger partial charge in [0.05, 0.1) is 6.10 Å². The number of aryl methyl sites for hydroxylation is 1. The van der Waals surface area contributed by atoms with Crippen LogP contribution in [0.5, 0.6) is 5.75 Å². The van der Waals surface area contributed by atoms with Crippen molar-refractivity contribution in [3.63, 3.8) is 0 Å². The first-order valence-electron chi connectivity index (χ1n) is 4.02. The van der Waals surface area contributed by atoms with Crippen LogP contribution in [0.3, 0.4) is 0 Å². The first kappa shape index (κ1) is 9.04. The van der Waals surface area contributed by atoms with Crippen LogP contribution >= 0.6 is 0 Å². The summed E-state index contributed by atoms with van der Waals surface area (Å²) in [6.45, 7) is 5.56. The minimum absolute atomic E-state index is 0.0899. The molecule has 0 spiro atoms. The van der Waals surface area contributed by atoms with E-state index in [0.29, 0.717) is 11.3 Å². The van der Waals surface area contributed by atoms with Gasteiger partial charge in [-0.05, 0) is 32.4 Å². The fraction of sp³-hybridized carbons (Fsp3) is 0.400. The monoisotopic (exact) mass is 168 g/mol. The van der Waals surface area contributed by atoms with Crippen LogP contribution in [0.2, 0.25) is 0 Å². The lowest BCUT2D eigenvalue weighted by atomic mass is 10.2. The highest BCUT2D eigenvalue weighted by atomic mass is 19.1. The van der Waals surface area contributed by atoms with Crippen molar-refractivity contribution in [1.29, 1.82) is 0 Å². The molecule has 1 aromatic carbocycles. The Morgan fingerprint density at radius 1 is 1.33 bits per heavy atom. The van der Waals surface area contributed by atoms with Gasteiger partial charge in [-0.1, -0.05) is 6.07 Å². The summed E-state index contributed by atoms with van der Waals surface area (Å²) in [5, 5.41) is 0. The first-order valence-corrected chi connectivity index (χ1v) is 4.02. The van der Waals surface area contributed by atoms with E-state index in [1.54, 1.807) is 19.1 Å². The number of hydrogen-bond donors (Lipinski definition) is 0. The molecule has 2 heteroatoms. The van der Waals surface area contributed by atoms with Gasteiger partial charge in [-0.3, -0.25) is 0 Å². The van der Waals surface area contributed by atoms with E-state index in [4.69, 9.17) is 4.74 Å². The van der Waals surface area contributed by atoms with Gasteiger partial charge in [0.2, 0.25) is 0 Å². The summed E-state index contributed by atoms with van der Waals surface area (Å²) >= 11 is 0. The third kappa shape index (κ3) is 2.22. The molecular formula is C10H13FO. The quantitative estimate of drug-likeness (QED) is 0.659. The highest BCUT2D eigenvalue weighted by Gasteiger charge is 2.01. The molecule has 12 heavy (non-hydrogen) atoms. The normalized spacial score (nSPS) is 10.4. The van der Waals surface area contributed by atoms with Crippen LogP contribution in [0, 0.1) is 12.7 Å². The van der Waals surface area contributed by atoms with Crippen LogP contribution in [-0.2, 0) is 0 Å². The Kier molecular flexibility index (Phi) is 2.69. The molecule has 0 fully saturated rings. The molecule has 0 amide bonds. The molecule has 0 aliphatic rings. The van der Waals surface area contributed by atoms with E-state index in [1.807, 2.05) is 13.8 Å². The van der Waals surface area contributed by atoms with Crippen molar-refractivity contribution in [2.45, 2.75) is 26.9 Å². The maximum absolute atomic E-state index is 12.9. The molecule has 0 saturated carbocycles. The van der Waals surface area contributed by atoms with Crippen LogP contribution in [0.25, 0.3) is 0 Å². The molecule has 0 aliphatic heterocycles. The van der Waals surface area contributed by atoms with Gasteiger partial charge < -0.3 is 4.74 Å². The summed E-state index contributed by atoms with van der Waals surface area (Å²) in [5.41, 5.74) is 0.645. The summed E-state index contributed by atoms with van der Waals surface area (Å²) in [7, 11) is 0. The van der Waals surface area contributed by atoms with E-state index in [-0.39, 0.29) is 11.9 Å². The van der Waals surface area contributed by atoms with Crippen LogP contribution in [0.1, 0.15) is 19.4 Å². The molecule has 0 heterocycles. The standard InChI is InChI=1S/C10H13FO/c1-7(2)12-9-5-4-8(3)10(11)6-9/h4-7H,1-3H3. The number of rotatable bonds is 2. The fourth-order valence-corrected chi connectivity index (χ4v) is 0.919. The van der Waals surface area contributed by atoms with Crippen molar-refractivity contribution in [3.05, 3.63) is 29.6 Å². The van der Waals surface area contributed by atoms with E-state index in [9.17, 15) is 4.39 Å². The van der Waals surface area contributed by atoms with Crippen LogP contribution in [-0.4, -0.2) is 6.10 Å². The average Bonchev–Trinajstić information content (AvgIpc) is 1.96. The summed E-state index contributed by atoms with van der Waals surface area (Å²) in [6.07, 6.45) is 0.0899.